The highest BCUT2D eigenvalue weighted by molar-refractivity contribution is 7.89. The van der Waals surface area contributed by atoms with Gasteiger partial charge in [-0.15, -0.1) is 0 Å². The van der Waals surface area contributed by atoms with Crippen LogP contribution in [0.25, 0.3) is 0 Å². The zero-order chi connectivity index (χ0) is 22.4. The minimum absolute atomic E-state index is 0.0189. The smallest absolute Gasteiger partial charge is 0.308 e. The number of aryl methyl sites for hydroxylation is 2. The second-order valence-corrected chi connectivity index (χ2v) is 8.90. The molecule has 2 amide bonds. The van der Waals surface area contributed by atoms with Gasteiger partial charge in [-0.25, -0.2) is 22.3 Å². The van der Waals surface area contributed by atoms with Gasteiger partial charge in [0.05, 0.1) is 4.90 Å². The van der Waals surface area contributed by atoms with Crippen molar-refractivity contribution in [2.45, 2.75) is 18.7 Å². The van der Waals surface area contributed by atoms with Crippen molar-refractivity contribution in [2.75, 3.05) is 23.3 Å². The Hall–Kier alpha value is -3.23. The molecule has 31 heavy (non-hydrogen) atoms. The Morgan fingerprint density at radius 3 is 2.00 bits per heavy atom. The number of nitrogens with one attached hydrogen (secondary N) is 2. The van der Waals surface area contributed by atoms with E-state index in [0.29, 0.717) is 11.4 Å². The van der Waals surface area contributed by atoms with E-state index in [1.807, 2.05) is 26.0 Å². The molecular weight excluding hydrogens is 417 g/mol. The summed E-state index contributed by atoms with van der Waals surface area (Å²) < 4.78 is 40.9. The molecule has 3 aromatic carbocycles. The number of urea groups is 1. The van der Waals surface area contributed by atoms with Crippen LogP contribution < -0.4 is 14.9 Å². The van der Waals surface area contributed by atoms with E-state index >= 15 is 0 Å². The summed E-state index contributed by atoms with van der Waals surface area (Å²) in [7, 11) is -3.72. The molecule has 0 saturated carbocycles. The van der Waals surface area contributed by atoms with Crippen molar-refractivity contribution in [3.63, 3.8) is 0 Å². The SMILES string of the molecule is Cc1ccc(NC(=O)N(CCNS(=O)(=O)c2ccc(C)cc2)c2ccc(F)cc2)cc1. The lowest BCUT2D eigenvalue weighted by Crippen LogP contribution is -2.41. The third-order valence-corrected chi connectivity index (χ3v) is 6.12. The highest BCUT2D eigenvalue weighted by Gasteiger charge is 2.19. The van der Waals surface area contributed by atoms with Gasteiger partial charge in [-0.3, -0.25) is 4.90 Å². The Labute approximate surface area is 181 Å². The summed E-state index contributed by atoms with van der Waals surface area (Å²) in [5.74, 6) is -0.428. The standard InChI is InChI=1S/C23H24FN3O3S/c1-17-3-9-20(10-4-17)26-23(28)27(21-11-7-19(24)8-12-21)16-15-25-31(29,30)22-13-5-18(2)6-14-22/h3-14,25H,15-16H2,1-2H3,(H,26,28). The zero-order valence-corrected chi connectivity index (χ0v) is 18.1. The minimum Gasteiger partial charge on any atom is -0.308 e. The fraction of sp³-hybridized carbons (Fsp3) is 0.174. The summed E-state index contributed by atoms with van der Waals surface area (Å²) in [6, 6.07) is 18.8. The highest BCUT2D eigenvalue weighted by Crippen LogP contribution is 2.17. The Morgan fingerprint density at radius 2 is 1.42 bits per heavy atom. The van der Waals surface area contributed by atoms with E-state index in [1.54, 1.807) is 24.3 Å². The van der Waals surface area contributed by atoms with Crippen LogP contribution in [0, 0.1) is 19.7 Å². The predicted molar refractivity (Wildman–Crippen MR) is 120 cm³/mol. The summed E-state index contributed by atoms with van der Waals surface area (Å²) in [5.41, 5.74) is 3.05. The summed E-state index contributed by atoms with van der Waals surface area (Å²) >= 11 is 0. The third kappa shape index (κ3) is 6.13. The largest absolute Gasteiger partial charge is 0.326 e. The number of halogens is 1. The number of hydrogen-bond acceptors (Lipinski definition) is 3. The fourth-order valence-electron chi connectivity index (χ4n) is 2.89. The van der Waals surface area contributed by atoms with Crippen LogP contribution in [0.2, 0.25) is 0 Å². The normalized spacial score (nSPS) is 11.2. The van der Waals surface area contributed by atoms with Crippen LogP contribution in [-0.4, -0.2) is 27.5 Å². The van der Waals surface area contributed by atoms with Crippen LogP contribution in [0.5, 0.6) is 0 Å². The van der Waals surface area contributed by atoms with Crippen molar-refractivity contribution in [1.82, 2.24) is 4.72 Å². The number of benzene rings is 3. The molecule has 8 heteroatoms. The van der Waals surface area contributed by atoms with Crippen LogP contribution in [0.4, 0.5) is 20.6 Å². The summed E-state index contributed by atoms with van der Waals surface area (Å²) in [4.78, 5) is 14.4. The molecule has 0 aliphatic rings. The molecule has 0 atom stereocenters. The molecule has 0 aliphatic heterocycles. The van der Waals surface area contributed by atoms with E-state index < -0.39 is 21.9 Å². The lowest BCUT2D eigenvalue weighted by Gasteiger charge is -2.23. The lowest BCUT2D eigenvalue weighted by atomic mass is 10.2. The molecule has 0 saturated heterocycles. The van der Waals surface area contributed by atoms with E-state index in [2.05, 4.69) is 10.0 Å². The molecule has 0 aromatic heterocycles. The van der Waals surface area contributed by atoms with Gasteiger partial charge < -0.3 is 5.32 Å². The lowest BCUT2D eigenvalue weighted by molar-refractivity contribution is 0.257. The van der Waals surface area contributed by atoms with Crippen LogP contribution in [0.1, 0.15) is 11.1 Å². The first-order valence-corrected chi connectivity index (χ1v) is 11.2. The summed E-state index contributed by atoms with van der Waals surface area (Å²) in [5, 5.41) is 2.78. The maximum atomic E-state index is 13.3. The topological polar surface area (TPSA) is 78.5 Å². The quantitative estimate of drug-likeness (QED) is 0.568. The Morgan fingerprint density at radius 1 is 0.871 bits per heavy atom. The second-order valence-electron chi connectivity index (χ2n) is 7.14. The van der Waals surface area contributed by atoms with E-state index in [9.17, 15) is 17.6 Å². The molecule has 3 aromatic rings. The first-order chi connectivity index (χ1) is 14.7. The number of carbonyl (C=O) groups excluding carboxylic acids is 1. The van der Waals surface area contributed by atoms with E-state index in [-0.39, 0.29) is 18.0 Å². The Kier molecular flexibility index (Phi) is 7.04. The van der Waals surface area contributed by atoms with E-state index in [1.165, 1.54) is 41.3 Å². The monoisotopic (exact) mass is 441 g/mol. The van der Waals surface area contributed by atoms with Gasteiger partial charge in [0.15, 0.2) is 0 Å². The summed E-state index contributed by atoms with van der Waals surface area (Å²) in [6.07, 6.45) is 0. The maximum absolute atomic E-state index is 13.3. The molecule has 0 spiro atoms. The van der Waals surface area contributed by atoms with E-state index in [4.69, 9.17) is 0 Å². The van der Waals surface area contributed by atoms with Gasteiger partial charge in [-0.2, -0.15) is 0 Å². The minimum atomic E-state index is -3.72. The zero-order valence-electron chi connectivity index (χ0n) is 17.3. The third-order valence-electron chi connectivity index (χ3n) is 4.65. The molecule has 2 N–H and O–H groups in total. The molecule has 0 heterocycles. The molecule has 0 radical (unpaired) electrons. The number of hydrogen-bond donors (Lipinski definition) is 2. The van der Waals surface area contributed by atoms with Crippen molar-refractivity contribution >= 4 is 27.4 Å². The van der Waals surface area contributed by atoms with Crippen LogP contribution >= 0.6 is 0 Å². The first-order valence-electron chi connectivity index (χ1n) is 9.72. The number of nitrogens with zero attached hydrogens (tertiary/aromatic N) is 1. The fourth-order valence-corrected chi connectivity index (χ4v) is 3.91. The van der Waals surface area contributed by atoms with Crippen LogP contribution in [-0.2, 0) is 10.0 Å². The number of rotatable bonds is 7. The Bertz CT molecular complexity index is 1130. The van der Waals surface area contributed by atoms with Gasteiger partial charge in [-0.05, 0) is 62.4 Å². The number of amides is 2. The van der Waals surface area contributed by atoms with Gasteiger partial charge >= 0.3 is 6.03 Å². The van der Waals surface area contributed by atoms with Gasteiger partial charge in [-0.1, -0.05) is 35.4 Å². The maximum Gasteiger partial charge on any atom is 0.326 e. The predicted octanol–water partition coefficient (Wildman–Crippen LogP) is 4.46. The van der Waals surface area contributed by atoms with Crippen molar-refractivity contribution in [2.24, 2.45) is 0 Å². The van der Waals surface area contributed by atoms with E-state index in [0.717, 1.165) is 11.1 Å². The number of carbonyl (C=O) groups is 1. The van der Waals surface area contributed by atoms with Crippen molar-refractivity contribution in [3.05, 3.63) is 89.7 Å². The molecule has 0 bridgehead atoms. The second kappa shape index (κ2) is 9.72. The first kappa shape index (κ1) is 22.5. The number of sulfonamides is 1. The van der Waals surface area contributed by atoms with Crippen molar-refractivity contribution in [3.8, 4) is 0 Å². The molecule has 0 aliphatic carbocycles. The van der Waals surface area contributed by atoms with Crippen LogP contribution in [0.3, 0.4) is 0 Å². The van der Waals surface area contributed by atoms with Gasteiger partial charge in [0.1, 0.15) is 5.82 Å². The molecular formula is C23H24FN3O3S. The molecule has 6 nitrogen and oxygen atoms in total. The molecule has 162 valence electrons. The highest BCUT2D eigenvalue weighted by atomic mass is 32.2. The molecule has 3 rings (SSSR count). The number of anilines is 2. The average molecular weight is 442 g/mol. The van der Waals surface area contributed by atoms with Crippen LogP contribution in [0.15, 0.2) is 77.7 Å². The Balaban J connectivity index is 1.73. The van der Waals surface area contributed by atoms with Gasteiger partial charge in [0.25, 0.3) is 0 Å². The summed E-state index contributed by atoms with van der Waals surface area (Å²) in [6.45, 7) is 3.84. The molecule has 0 unspecified atom stereocenters. The van der Waals surface area contributed by atoms with Crippen molar-refractivity contribution in [1.29, 1.82) is 0 Å². The molecule has 0 fully saturated rings. The van der Waals surface area contributed by atoms with Gasteiger partial charge in [0.2, 0.25) is 10.0 Å². The van der Waals surface area contributed by atoms with Crippen molar-refractivity contribution < 1.29 is 17.6 Å². The average Bonchev–Trinajstić information content (AvgIpc) is 2.74. The van der Waals surface area contributed by atoms with Gasteiger partial charge in [0, 0.05) is 24.5 Å².